The van der Waals surface area contributed by atoms with Gasteiger partial charge in [-0.05, 0) is 29.8 Å². The van der Waals surface area contributed by atoms with Gasteiger partial charge in [-0.2, -0.15) is 5.21 Å². The maximum absolute atomic E-state index is 5.87. The Morgan fingerprint density at radius 1 is 1.09 bits per heavy atom. The Morgan fingerprint density at radius 2 is 2.04 bits per heavy atom. The molecule has 0 saturated heterocycles. The number of aromatic nitrogens is 5. The summed E-state index contributed by atoms with van der Waals surface area (Å²) >= 11 is 1.66. The van der Waals surface area contributed by atoms with Crippen LogP contribution in [0, 0.1) is 0 Å². The molecule has 23 heavy (non-hydrogen) atoms. The number of hydrogen-bond donors (Lipinski definition) is 1. The van der Waals surface area contributed by atoms with Crippen molar-refractivity contribution in [1.29, 1.82) is 0 Å². The Labute approximate surface area is 136 Å². The number of hydrogen-bond acceptors (Lipinski definition) is 6. The van der Waals surface area contributed by atoms with Crippen LogP contribution in [0.15, 0.2) is 48.5 Å². The fraction of sp³-hybridized carbons (Fsp3) is 0.125. The molecule has 0 unspecified atom stereocenters. The van der Waals surface area contributed by atoms with Crippen LogP contribution >= 0.6 is 11.3 Å². The van der Waals surface area contributed by atoms with Crippen LogP contribution in [0.4, 0.5) is 0 Å². The molecule has 0 saturated carbocycles. The van der Waals surface area contributed by atoms with Gasteiger partial charge in [-0.1, -0.05) is 29.5 Å². The summed E-state index contributed by atoms with van der Waals surface area (Å²) in [6.45, 7) is 0.463. The average molecular weight is 323 g/mol. The monoisotopic (exact) mass is 323 g/mol. The van der Waals surface area contributed by atoms with Crippen molar-refractivity contribution in [2.24, 2.45) is 0 Å². The van der Waals surface area contributed by atoms with Crippen LogP contribution in [0.1, 0.15) is 16.4 Å². The minimum atomic E-state index is 0.463. The number of rotatable bonds is 5. The van der Waals surface area contributed by atoms with Crippen molar-refractivity contribution in [1.82, 2.24) is 25.6 Å². The maximum atomic E-state index is 5.87. The van der Waals surface area contributed by atoms with E-state index in [1.807, 2.05) is 42.5 Å². The predicted octanol–water partition coefficient (Wildman–Crippen LogP) is 2.98. The lowest BCUT2D eigenvalue weighted by molar-refractivity contribution is 0.305. The second-order valence-corrected chi connectivity index (χ2v) is 6.13. The molecule has 2 aromatic heterocycles. The molecule has 7 heteroatoms. The summed E-state index contributed by atoms with van der Waals surface area (Å²) in [5.74, 6) is 1.47. The first-order valence-electron chi connectivity index (χ1n) is 7.15. The zero-order valence-corrected chi connectivity index (χ0v) is 13.0. The Bertz CT molecular complexity index is 886. The van der Waals surface area contributed by atoms with Crippen molar-refractivity contribution < 1.29 is 4.74 Å². The van der Waals surface area contributed by atoms with Gasteiger partial charge in [0.1, 0.15) is 17.4 Å². The minimum absolute atomic E-state index is 0.463. The number of nitrogens with zero attached hydrogens (tertiary/aromatic N) is 4. The Balaban J connectivity index is 1.46. The van der Waals surface area contributed by atoms with Crippen molar-refractivity contribution >= 4 is 21.6 Å². The number of aromatic amines is 1. The fourth-order valence-corrected chi connectivity index (χ4v) is 3.19. The summed E-state index contributed by atoms with van der Waals surface area (Å²) in [4.78, 5) is 4.57. The van der Waals surface area contributed by atoms with Gasteiger partial charge in [0.15, 0.2) is 5.82 Å². The number of thiazole rings is 1. The van der Waals surface area contributed by atoms with E-state index >= 15 is 0 Å². The summed E-state index contributed by atoms with van der Waals surface area (Å²) in [5.41, 5.74) is 2.09. The van der Waals surface area contributed by atoms with E-state index in [-0.39, 0.29) is 0 Å². The summed E-state index contributed by atoms with van der Waals surface area (Å²) in [5, 5.41) is 14.9. The molecule has 4 rings (SSSR count). The van der Waals surface area contributed by atoms with Crippen LogP contribution in [0.3, 0.4) is 0 Å². The predicted molar refractivity (Wildman–Crippen MR) is 87.4 cm³/mol. The van der Waals surface area contributed by atoms with Gasteiger partial charge in [0.05, 0.1) is 10.2 Å². The van der Waals surface area contributed by atoms with Crippen LogP contribution < -0.4 is 4.74 Å². The van der Waals surface area contributed by atoms with Crippen molar-refractivity contribution in [3.05, 3.63) is 64.9 Å². The molecule has 1 N–H and O–H groups in total. The normalized spacial score (nSPS) is 11.0. The van der Waals surface area contributed by atoms with Crippen molar-refractivity contribution in [2.45, 2.75) is 13.0 Å². The Kier molecular flexibility index (Phi) is 3.69. The molecular formula is C16H13N5OS. The van der Waals surface area contributed by atoms with Crippen molar-refractivity contribution in [3.63, 3.8) is 0 Å². The van der Waals surface area contributed by atoms with E-state index in [1.54, 1.807) is 11.3 Å². The van der Waals surface area contributed by atoms with Gasteiger partial charge < -0.3 is 4.74 Å². The highest BCUT2D eigenvalue weighted by Gasteiger charge is 2.06. The number of nitrogens with one attached hydrogen (secondary N) is 1. The maximum Gasteiger partial charge on any atom is 0.178 e. The second kappa shape index (κ2) is 6.13. The summed E-state index contributed by atoms with van der Waals surface area (Å²) in [6.07, 6.45) is 0.620. The summed E-state index contributed by atoms with van der Waals surface area (Å²) < 4.78 is 7.04. The van der Waals surface area contributed by atoms with E-state index < -0.39 is 0 Å². The third kappa shape index (κ3) is 3.19. The summed E-state index contributed by atoms with van der Waals surface area (Å²) in [6, 6.07) is 16.0. The number of ether oxygens (including phenoxy) is 1. The molecule has 0 spiro atoms. The molecule has 4 aromatic rings. The number of H-pyrrole nitrogens is 1. The van der Waals surface area contributed by atoms with Crippen LogP contribution in [0.2, 0.25) is 0 Å². The third-order valence-electron chi connectivity index (χ3n) is 3.35. The van der Waals surface area contributed by atoms with Gasteiger partial charge in [0.25, 0.3) is 0 Å². The first-order valence-corrected chi connectivity index (χ1v) is 7.97. The van der Waals surface area contributed by atoms with E-state index in [1.165, 1.54) is 4.70 Å². The van der Waals surface area contributed by atoms with Crippen LogP contribution in [0.25, 0.3) is 10.2 Å². The highest BCUT2D eigenvalue weighted by atomic mass is 32.1. The lowest BCUT2D eigenvalue weighted by atomic mass is 10.1. The molecule has 0 amide bonds. The van der Waals surface area contributed by atoms with E-state index in [2.05, 4.69) is 31.7 Å². The second-order valence-electron chi connectivity index (χ2n) is 5.02. The van der Waals surface area contributed by atoms with Gasteiger partial charge in [0, 0.05) is 6.42 Å². The van der Waals surface area contributed by atoms with Crippen LogP contribution in [0.5, 0.6) is 5.75 Å². The number of tetrazole rings is 1. The van der Waals surface area contributed by atoms with E-state index in [0.717, 1.165) is 21.8 Å². The fourth-order valence-electron chi connectivity index (χ4n) is 2.31. The van der Waals surface area contributed by atoms with Crippen LogP contribution in [-0.4, -0.2) is 25.6 Å². The summed E-state index contributed by atoms with van der Waals surface area (Å²) in [7, 11) is 0. The molecule has 0 radical (unpaired) electrons. The topological polar surface area (TPSA) is 76.6 Å². The quantitative estimate of drug-likeness (QED) is 0.611. The molecule has 0 bridgehead atoms. The third-order valence-corrected chi connectivity index (χ3v) is 4.36. The van der Waals surface area contributed by atoms with Crippen LogP contribution in [-0.2, 0) is 13.0 Å². The van der Waals surface area contributed by atoms with E-state index in [0.29, 0.717) is 18.9 Å². The molecule has 2 aromatic carbocycles. The van der Waals surface area contributed by atoms with Gasteiger partial charge in [0.2, 0.25) is 0 Å². The first kappa shape index (κ1) is 13.8. The zero-order valence-electron chi connectivity index (χ0n) is 12.1. The first-order chi connectivity index (χ1) is 11.4. The molecule has 2 heterocycles. The average Bonchev–Trinajstić information content (AvgIpc) is 3.22. The van der Waals surface area contributed by atoms with Gasteiger partial charge in [-0.3, -0.25) is 0 Å². The highest BCUT2D eigenvalue weighted by molar-refractivity contribution is 7.18. The van der Waals surface area contributed by atoms with Crippen molar-refractivity contribution in [2.75, 3.05) is 0 Å². The highest BCUT2D eigenvalue weighted by Crippen LogP contribution is 2.23. The number of fused-ring (bicyclic) bond motifs is 1. The molecular weight excluding hydrogens is 310 g/mol. The molecule has 0 aliphatic carbocycles. The molecule has 6 nitrogen and oxygen atoms in total. The Hall–Kier alpha value is -2.80. The standard InChI is InChI=1S/C16H13N5OS/c1-2-7-14-13(6-1)17-16(23-14)10-22-12-5-3-4-11(8-12)9-15-18-20-21-19-15/h1-8H,9-10H2,(H,18,19,20,21). The molecule has 0 aliphatic rings. The lowest BCUT2D eigenvalue weighted by Gasteiger charge is -2.05. The largest absolute Gasteiger partial charge is 0.486 e. The molecule has 0 aliphatic heterocycles. The minimum Gasteiger partial charge on any atom is -0.486 e. The van der Waals surface area contributed by atoms with Crippen molar-refractivity contribution in [3.8, 4) is 5.75 Å². The molecule has 0 atom stereocenters. The van der Waals surface area contributed by atoms with E-state index in [4.69, 9.17) is 4.74 Å². The Morgan fingerprint density at radius 3 is 2.91 bits per heavy atom. The molecule has 0 fully saturated rings. The zero-order chi connectivity index (χ0) is 15.5. The smallest absolute Gasteiger partial charge is 0.178 e. The van der Waals surface area contributed by atoms with E-state index in [9.17, 15) is 0 Å². The SMILES string of the molecule is c1cc(Cc2nn[nH]n2)cc(OCc2nc3ccccc3s2)c1. The van der Waals surface area contributed by atoms with Gasteiger partial charge in [-0.25, -0.2) is 4.98 Å². The molecule has 114 valence electrons. The van der Waals surface area contributed by atoms with Gasteiger partial charge >= 0.3 is 0 Å². The number of benzene rings is 2. The van der Waals surface area contributed by atoms with Gasteiger partial charge in [-0.15, -0.1) is 21.5 Å². The number of para-hydroxylation sites is 1. The lowest BCUT2D eigenvalue weighted by Crippen LogP contribution is -1.96.